The molecule has 0 aromatic heterocycles. The maximum Gasteiger partial charge on any atom is 0.129 e. The molecule has 0 amide bonds. The summed E-state index contributed by atoms with van der Waals surface area (Å²) in [4.78, 5) is 0. The molecule has 1 rings (SSSR count). The highest BCUT2D eigenvalue weighted by Crippen LogP contribution is 2.00. The van der Waals surface area contributed by atoms with E-state index in [9.17, 15) is 0 Å². The van der Waals surface area contributed by atoms with E-state index in [-0.39, 0.29) is 6.61 Å². The summed E-state index contributed by atoms with van der Waals surface area (Å²) in [5, 5.41) is 8.56. The molecule has 0 radical (unpaired) electrons. The molecule has 3 heteroatoms. The number of hydrogen-bond donors (Lipinski definition) is 2. The van der Waals surface area contributed by atoms with E-state index in [4.69, 9.17) is 15.6 Å². The predicted molar refractivity (Wildman–Crippen MR) is 46.3 cm³/mol. The van der Waals surface area contributed by atoms with Crippen LogP contribution in [0.3, 0.4) is 0 Å². The molecule has 0 saturated heterocycles. The van der Waals surface area contributed by atoms with Crippen LogP contribution >= 0.6 is 0 Å². The molecule has 12 heavy (non-hydrogen) atoms. The van der Waals surface area contributed by atoms with Crippen molar-refractivity contribution in [2.24, 2.45) is 5.73 Å². The van der Waals surface area contributed by atoms with Crippen LogP contribution in [0.1, 0.15) is 5.56 Å². The Hall–Kier alpha value is -0.900. The lowest BCUT2D eigenvalue weighted by atomic mass is 10.2. The standard InChI is InChI=1S/C9H13NO2/c10-9(6-11)12-7-8-4-2-1-3-5-8/h1-5,9,11H,6-7,10H2/t9-/m0/s1. The van der Waals surface area contributed by atoms with Gasteiger partial charge in [0.25, 0.3) is 0 Å². The highest BCUT2D eigenvalue weighted by atomic mass is 16.5. The lowest BCUT2D eigenvalue weighted by molar-refractivity contribution is 0.00681. The largest absolute Gasteiger partial charge is 0.392 e. The molecule has 0 spiro atoms. The van der Waals surface area contributed by atoms with E-state index >= 15 is 0 Å². The first-order valence-electron chi connectivity index (χ1n) is 3.85. The normalized spacial score (nSPS) is 12.8. The van der Waals surface area contributed by atoms with Crippen LogP contribution < -0.4 is 5.73 Å². The molecule has 1 aromatic rings. The molecule has 0 aliphatic rings. The molecule has 0 bridgehead atoms. The highest BCUT2D eigenvalue weighted by molar-refractivity contribution is 5.13. The lowest BCUT2D eigenvalue weighted by Gasteiger charge is -2.09. The third-order valence-corrected chi connectivity index (χ3v) is 1.49. The van der Waals surface area contributed by atoms with Gasteiger partial charge in [-0.1, -0.05) is 30.3 Å². The Balaban J connectivity index is 2.33. The fraction of sp³-hybridized carbons (Fsp3) is 0.333. The minimum absolute atomic E-state index is 0.146. The molecule has 3 nitrogen and oxygen atoms in total. The summed E-state index contributed by atoms with van der Waals surface area (Å²) in [6.45, 7) is 0.301. The average molecular weight is 167 g/mol. The van der Waals surface area contributed by atoms with Crippen LogP contribution in [0.2, 0.25) is 0 Å². The zero-order chi connectivity index (χ0) is 8.81. The maximum absolute atomic E-state index is 8.56. The van der Waals surface area contributed by atoms with E-state index in [2.05, 4.69) is 0 Å². The first-order valence-corrected chi connectivity index (χ1v) is 3.85. The number of nitrogens with two attached hydrogens (primary N) is 1. The van der Waals surface area contributed by atoms with Gasteiger partial charge in [-0.3, -0.25) is 0 Å². The molecular weight excluding hydrogens is 154 g/mol. The third kappa shape index (κ3) is 3.00. The number of hydrogen-bond acceptors (Lipinski definition) is 3. The molecule has 3 N–H and O–H groups in total. The van der Waals surface area contributed by atoms with Crippen molar-refractivity contribution in [3.8, 4) is 0 Å². The van der Waals surface area contributed by atoms with Crippen molar-refractivity contribution in [2.75, 3.05) is 6.61 Å². The number of benzene rings is 1. The van der Waals surface area contributed by atoms with Crippen LogP contribution in [0.4, 0.5) is 0 Å². The van der Waals surface area contributed by atoms with Crippen LogP contribution in [0.5, 0.6) is 0 Å². The van der Waals surface area contributed by atoms with Gasteiger partial charge in [0.15, 0.2) is 0 Å². The van der Waals surface area contributed by atoms with Gasteiger partial charge in [0, 0.05) is 0 Å². The van der Waals surface area contributed by atoms with Crippen LogP contribution in [0.25, 0.3) is 0 Å². The lowest BCUT2D eigenvalue weighted by Crippen LogP contribution is -2.27. The summed E-state index contributed by atoms with van der Waals surface area (Å²) in [5.41, 5.74) is 6.41. The minimum atomic E-state index is -0.579. The van der Waals surface area contributed by atoms with E-state index in [0.717, 1.165) is 5.56 Å². The van der Waals surface area contributed by atoms with Gasteiger partial charge in [-0.2, -0.15) is 0 Å². The predicted octanol–water partition coefficient (Wildman–Crippen LogP) is 0.480. The fourth-order valence-electron chi connectivity index (χ4n) is 0.830. The van der Waals surface area contributed by atoms with Crippen LogP contribution in [0.15, 0.2) is 30.3 Å². The van der Waals surface area contributed by atoms with Gasteiger partial charge in [-0.05, 0) is 5.56 Å². The van der Waals surface area contributed by atoms with Crippen molar-refractivity contribution in [3.05, 3.63) is 35.9 Å². The number of ether oxygens (including phenoxy) is 1. The summed E-state index contributed by atoms with van der Waals surface area (Å²) in [5.74, 6) is 0. The van der Waals surface area contributed by atoms with Gasteiger partial charge in [-0.25, -0.2) is 0 Å². The average Bonchev–Trinajstić information content (AvgIpc) is 2.16. The van der Waals surface area contributed by atoms with Crippen LogP contribution in [0, 0.1) is 0 Å². The summed E-state index contributed by atoms with van der Waals surface area (Å²) in [6, 6.07) is 9.70. The summed E-state index contributed by atoms with van der Waals surface area (Å²) in [7, 11) is 0. The first kappa shape index (κ1) is 9.19. The smallest absolute Gasteiger partial charge is 0.129 e. The molecule has 66 valence electrons. The van der Waals surface area contributed by atoms with Gasteiger partial charge in [0.2, 0.25) is 0 Å². The second-order valence-electron chi connectivity index (χ2n) is 2.52. The van der Waals surface area contributed by atoms with Gasteiger partial charge in [0.05, 0.1) is 13.2 Å². The van der Waals surface area contributed by atoms with Gasteiger partial charge >= 0.3 is 0 Å². The quantitative estimate of drug-likeness (QED) is 0.641. The highest BCUT2D eigenvalue weighted by Gasteiger charge is 1.98. The second-order valence-corrected chi connectivity index (χ2v) is 2.52. The monoisotopic (exact) mass is 167 g/mol. The molecule has 0 unspecified atom stereocenters. The number of rotatable bonds is 4. The van der Waals surface area contributed by atoms with Gasteiger partial charge in [0.1, 0.15) is 6.23 Å². The SMILES string of the molecule is N[C@H](CO)OCc1ccccc1. The Kier molecular flexibility index (Phi) is 3.73. The van der Waals surface area contributed by atoms with Crippen molar-refractivity contribution in [2.45, 2.75) is 12.8 Å². The van der Waals surface area contributed by atoms with Gasteiger partial charge < -0.3 is 15.6 Å². The van der Waals surface area contributed by atoms with Crippen molar-refractivity contribution >= 4 is 0 Å². The summed E-state index contributed by atoms with van der Waals surface area (Å²) in [6.07, 6.45) is -0.579. The summed E-state index contributed by atoms with van der Waals surface area (Å²) < 4.78 is 5.10. The Bertz CT molecular complexity index is 213. The molecule has 0 aliphatic carbocycles. The topological polar surface area (TPSA) is 55.5 Å². The Labute approximate surface area is 71.8 Å². The Morgan fingerprint density at radius 2 is 2.00 bits per heavy atom. The third-order valence-electron chi connectivity index (χ3n) is 1.49. The molecule has 0 fully saturated rings. The zero-order valence-corrected chi connectivity index (χ0v) is 6.81. The van der Waals surface area contributed by atoms with E-state index < -0.39 is 6.23 Å². The van der Waals surface area contributed by atoms with Crippen molar-refractivity contribution < 1.29 is 9.84 Å². The Morgan fingerprint density at radius 1 is 1.33 bits per heavy atom. The molecular formula is C9H13NO2. The summed E-state index contributed by atoms with van der Waals surface area (Å²) >= 11 is 0. The number of aliphatic hydroxyl groups is 1. The van der Waals surface area contributed by atoms with E-state index in [0.29, 0.717) is 6.61 Å². The first-order chi connectivity index (χ1) is 5.83. The zero-order valence-electron chi connectivity index (χ0n) is 6.81. The van der Waals surface area contributed by atoms with E-state index in [1.54, 1.807) is 0 Å². The minimum Gasteiger partial charge on any atom is -0.392 e. The number of aliphatic hydroxyl groups excluding tert-OH is 1. The molecule has 0 heterocycles. The van der Waals surface area contributed by atoms with E-state index in [1.165, 1.54) is 0 Å². The molecule has 0 saturated carbocycles. The van der Waals surface area contributed by atoms with Crippen LogP contribution in [-0.2, 0) is 11.3 Å². The molecule has 1 atom stereocenters. The maximum atomic E-state index is 8.56. The second kappa shape index (κ2) is 4.87. The van der Waals surface area contributed by atoms with Crippen molar-refractivity contribution in [3.63, 3.8) is 0 Å². The van der Waals surface area contributed by atoms with E-state index in [1.807, 2.05) is 30.3 Å². The van der Waals surface area contributed by atoms with Crippen molar-refractivity contribution in [1.82, 2.24) is 0 Å². The van der Waals surface area contributed by atoms with Crippen LogP contribution in [-0.4, -0.2) is 17.9 Å². The Morgan fingerprint density at radius 3 is 2.58 bits per heavy atom. The molecule has 0 aliphatic heterocycles. The molecule has 1 aromatic carbocycles. The van der Waals surface area contributed by atoms with Gasteiger partial charge in [-0.15, -0.1) is 0 Å². The fourth-order valence-corrected chi connectivity index (χ4v) is 0.830. The van der Waals surface area contributed by atoms with Crippen molar-refractivity contribution in [1.29, 1.82) is 0 Å².